The van der Waals surface area contributed by atoms with Gasteiger partial charge in [0, 0.05) is 6.42 Å². The number of rotatable bonds is 2. The van der Waals surface area contributed by atoms with Crippen LogP contribution in [0.2, 0.25) is 0 Å². The predicted octanol–water partition coefficient (Wildman–Crippen LogP) is 9.41. The van der Waals surface area contributed by atoms with Crippen molar-refractivity contribution in [2.24, 2.45) is 0 Å². The van der Waals surface area contributed by atoms with Crippen LogP contribution in [0.25, 0.3) is 70.9 Å². The van der Waals surface area contributed by atoms with Crippen LogP contribution in [-0.2, 0) is 6.42 Å². The molecule has 0 unspecified atom stereocenters. The monoisotopic (exact) mass is 486 g/mol. The first-order chi connectivity index (χ1) is 18.8. The highest BCUT2D eigenvalue weighted by Crippen LogP contribution is 2.46. The van der Waals surface area contributed by atoms with E-state index >= 15 is 0 Å². The van der Waals surface area contributed by atoms with Gasteiger partial charge in [0.2, 0.25) is 0 Å². The summed E-state index contributed by atoms with van der Waals surface area (Å²) in [7, 11) is 0. The van der Waals surface area contributed by atoms with E-state index in [1.807, 2.05) is 12.1 Å². The van der Waals surface area contributed by atoms with Gasteiger partial charge in [-0.15, -0.1) is 0 Å². The summed E-state index contributed by atoms with van der Waals surface area (Å²) >= 11 is 0. The molecule has 3 nitrogen and oxygen atoms in total. The van der Waals surface area contributed by atoms with E-state index in [4.69, 9.17) is 9.72 Å². The van der Waals surface area contributed by atoms with Crippen molar-refractivity contribution >= 4 is 54.1 Å². The van der Waals surface area contributed by atoms with Crippen LogP contribution in [0, 0.1) is 0 Å². The molecule has 0 bridgehead atoms. The topological polar surface area (TPSA) is 27.1 Å². The largest absolute Gasteiger partial charge is 0.453 e. The molecule has 0 amide bonds. The highest BCUT2D eigenvalue weighted by atomic mass is 16.5. The normalized spacial score (nSPS) is 12.7. The molecule has 0 atom stereocenters. The summed E-state index contributed by atoms with van der Waals surface area (Å²) < 4.78 is 8.65. The molecular weight excluding hydrogens is 464 g/mol. The SMILES string of the molecule is CCc1nc2cccc3c2n1-c1cc(-c2ccc4c5cccc6cccc(c7cccc2c74)c65)ccc1O3. The lowest BCUT2D eigenvalue weighted by atomic mass is 9.87. The molecule has 178 valence electrons. The Morgan fingerprint density at radius 2 is 1.37 bits per heavy atom. The second-order valence-electron chi connectivity index (χ2n) is 10.2. The molecule has 1 aromatic heterocycles. The van der Waals surface area contributed by atoms with Crippen LogP contribution < -0.4 is 4.74 Å². The molecule has 3 heteroatoms. The number of fused-ring (bicyclic) bond motifs is 4. The van der Waals surface area contributed by atoms with E-state index in [1.165, 1.54) is 54.2 Å². The Morgan fingerprint density at radius 1 is 0.658 bits per heavy atom. The Morgan fingerprint density at radius 3 is 2.18 bits per heavy atom. The minimum atomic E-state index is 0.851. The van der Waals surface area contributed by atoms with Gasteiger partial charge in [-0.2, -0.15) is 0 Å². The second-order valence-corrected chi connectivity index (χ2v) is 10.2. The first kappa shape index (κ1) is 20.2. The molecule has 1 aliphatic rings. The number of imidazole rings is 1. The molecule has 0 saturated carbocycles. The first-order valence-corrected chi connectivity index (χ1v) is 13.2. The van der Waals surface area contributed by atoms with Crippen molar-refractivity contribution in [3.8, 4) is 28.3 Å². The minimum absolute atomic E-state index is 0.851. The van der Waals surface area contributed by atoms with Crippen LogP contribution in [0.5, 0.6) is 11.5 Å². The third-order valence-corrected chi connectivity index (χ3v) is 8.28. The zero-order valence-electron chi connectivity index (χ0n) is 20.8. The molecule has 2 heterocycles. The minimum Gasteiger partial charge on any atom is -0.453 e. The Kier molecular flexibility index (Phi) is 3.78. The van der Waals surface area contributed by atoms with Gasteiger partial charge in [-0.1, -0.05) is 85.8 Å². The molecule has 0 spiro atoms. The number of ether oxygens (including phenoxy) is 1. The van der Waals surface area contributed by atoms with Gasteiger partial charge in [-0.3, -0.25) is 4.57 Å². The van der Waals surface area contributed by atoms with Gasteiger partial charge in [-0.05, 0) is 78.5 Å². The zero-order chi connectivity index (χ0) is 25.0. The average molecular weight is 487 g/mol. The van der Waals surface area contributed by atoms with Gasteiger partial charge in [0.25, 0.3) is 0 Å². The second kappa shape index (κ2) is 7.11. The number of hydrogen-bond acceptors (Lipinski definition) is 2. The summed E-state index contributed by atoms with van der Waals surface area (Å²) in [6.07, 6.45) is 0.851. The summed E-state index contributed by atoms with van der Waals surface area (Å²) in [4.78, 5) is 4.92. The van der Waals surface area contributed by atoms with Crippen molar-refractivity contribution in [3.05, 3.63) is 109 Å². The van der Waals surface area contributed by atoms with E-state index in [9.17, 15) is 0 Å². The Hall–Kier alpha value is -4.89. The first-order valence-electron chi connectivity index (χ1n) is 13.2. The Labute approximate surface area is 218 Å². The van der Waals surface area contributed by atoms with Crippen molar-refractivity contribution in [2.45, 2.75) is 13.3 Å². The fraction of sp³-hybridized carbons (Fsp3) is 0.0571. The average Bonchev–Trinajstić information content (AvgIpc) is 3.36. The summed E-state index contributed by atoms with van der Waals surface area (Å²) in [5.74, 6) is 2.78. The Balaban J connectivity index is 1.36. The van der Waals surface area contributed by atoms with Crippen LogP contribution in [0.4, 0.5) is 0 Å². The number of benzene rings is 7. The van der Waals surface area contributed by atoms with Crippen LogP contribution in [0.3, 0.4) is 0 Å². The van der Waals surface area contributed by atoms with Gasteiger partial charge in [0.15, 0.2) is 11.5 Å². The standard InChI is InChI=1S/C35H22N2O/c1-2-32-36-28-13-6-14-31-35(28)37(32)29-19-21(15-18-30(29)38-31)22-16-17-27-25-10-4-8-20-7-3-9-24(33(20)25)26-12-5-11-23(22)34(26)27/h3-19H,2H2,1H3. The molecule has 7 aromatic carbocycles. The third-order valence-electron chi connectivity index (χ3n) is 8.28. The number of aromatic nitrogens is 2. The lowest BCUT2D eigenvalue weighted by Crippen LogP contribution is -2.07. The maximum absolute atomic E-state index is 6.36. The zero-order valence-corrected chi connectivity index (χ0v) is 20.8. The molecule has 0 aliphatic carbocycles. The fourth-order valence-electron chi connectivity index (χ4n) is 6.68. The predicted molar refractivity (Wildman–Crippen MR) is 157 cm³/mol. The number of nitrogens with zero attached hydrogens (tertiary/aromatic N) is 2. The van der Waals surface area contributed by atoms with Gasteiger partial charge >= 0.3 is 0 Å². The number of aryl methyl sites for hydroxylation is 1. The van der Waals surface area contributed by atoms with Crippen molar-refractivity contribution in [1.82, 2.24) is 9.55 Å². The molecule has 0 radical (unpaired) electrons. The fourth-order valence-corrected chi connectivity index (χ4v) is 6.68. The molecule has 38 heavy (non-hydrogen) atoms. The summed E-state index contributed by atoms with van der Waals surface area (Å²) in [5.41, 5.74) is 5.49. The van der Waals surface area contributed by atoms with Crippen molar-refractivity contribution in [1.29, 1.82) is 0 Å². The summed E-state index contributed by atoms with van der Waals surface area (Å²) in [5, 5.41) is 10.5. The van der Waals surface area contributed by atoms with E-state index in [0.29, 0.717) is 0 Å². The van der Waals surface area contributed by atoms with Crippen molar-refractivity contribution in [2.75, 3.05) is 0 Å². The molecule has 0 saturated heterocycles. The maximum atomic E-state index is 6.36. The van der Waals surface area contributed by atoms with E-state index in [-0.39, 0.29) is 0 Å². The molecule has 0 fully saturated rings. The molecule has 1 aliphatic heterocycles. The van der Waals surface area contributed by atoms with E-state index in [0.717, 1.165) is 40.5 Å². The molecule has 8 aromatic rings. The number of para-hydroxylation sites is 1. The lowest BCUT2D eigenvalue weighted by molar-refractivity contribution is 0.474. The van der Waals surface area contributed by atoms with E-state index in [2.05, 4.69) is 102 Å². The highest BCUT2D eigenvalue weighted by molar-refractivity contribution is 6.34. The van der Waals surface area contributed by atoms with Crippen molar-refractivity contribution < 1.29 is 4.74 Å². The highest BCUT2D eigenvalue weighted by Gasteiger charge is 2.24. The van der Waals surface area contributed by atoms with Crippen LogP contribution >= 0.6 is 0 Å². The van der Waals surface area contributed by atoms with Crippen molar-refractivity contribution in [3.63, 3.8) is 0 Å². The van der Waals surface area contributed by atoms with Crippen LogP contribution in [0.1, 0.15) is 12.7 Å². The smallest absolute Gasteiger partial charge is 0.153 e. The van der Waals surface area contributed by atoms with E-state index < -0.39 is 0 Å². The molecule has 0 N–H and O–H groups in total. The Bertz CT molecular complexity index is 2210. The summed E-state index contributed by atoms with van der Waals surface area (Å²) in [6, 6.07) is 37.3. The lowest BCUT2D eigenvalue weighted by Gasteiger charge is -2.22. The molecule has 9 rings (SSSR count). The molecular formula is C35H22N2O. The van der Waals surface area contributed by atoms with Crippen LogP contribution in [0.15, 0.2) is 103 Å². The van der Waals surface area contributed by atoms with Gasteiger partial charge in [0.1, 0.15) is 11.3 Å². The van der Waals surface area contributed by atoms with Gasteiger partial charge < -0.3 is 4.74 Å². The van der Waals surface area contributed by atoms with Crippen LogP contribution in [-0.4, -0.2) is 9.55 Å². The maximum Gasteiger partial charge on any atom is 0.153 e. The third kappa shape index (κ3) is 2.46. The van der Waals surface area contributed by atoms with E-state index in [1.54, 1.807) is 0 Å². The van der Waals surface area contributed by atoms with Gasteiger partial charge in [-0.25, -0.2) is 4.98 Å². The van der Waals surface area contributed by atoms with Gasteiger partial charge in [0.05, 0.1) is 11.2 Å². The number of hydrogen-bond donors (Lipinski definition) is 0. The quantitative estimate of drug-likeness (QED) is 0.180. The summed E-state index contributed by atoms with van der Waals surface area (Å²) in [6.45, 7) is 2.16.